The van der Waals surface area contributed by atoms with E-state index in [0.29, 0.717) is 46.7 Å². The van der Waals surface area contributed by atoms with Crippen LogP contribution in [0.3, 0.4) is 0 Å². The van der Waals surface area contributed by atoms with Crippen molar-refractivity contribution in [1.29, 1.82) is 0 Å². The maximum Gasteiger partial charge on any atom is 0.408 e. The molecule has 0 bridgehead atoms. The lowest BCUT2D eigenvalue weighted by Crippen LogP contribution is -2.61. The summed E-state index contributed by atoms with van der Waals surface area (Å²) in [6.07, 6.45) is 6.83. The minimum atomic E-state index is -1.91. The first-order chi connectivity index (χ1) is 51.6. The number of amides is 8. The number of hydrogen-bond acceptors (Lipinski definition) is 19. The van der Waals surface area contributed by atoms with Crippen molar-refractivity contribution in [2.45, 2.75) is 179 Å². The topological polar surface area (TPSA) is 378 Å². The number of carboxylic acid groups (broad SMARTS) is 1. The van der Waals surface area contributed by atoms with Crippen LogP contribution in [-0.4, -0.2) is 150 Å². The average Bonchev–Trinajstić information content (AvgIpc) is 1.32. The van der Waals surface area contributed by atoms with Crippen molar-refractivity contribution in [3.05, 3.63) is 204 Å². The van der Waals surface area contributed by atoms with Gasteiger partial charge in [-0.2, -0.15) is 0 Å². The van der Waals surface area contributed by atoms with Crippen LogP contribution in [0.1, 0.15) is 124 Å². The molecule has 1 fully saturated rings. The maximum absolute atomic E-state index is 15.6. The van der Waals surface area contributed by atoms with E-state index in [1.807, 2.05) is 60.7 Å². The predicted octanol–water partition coefficient (Wildman–Crippen LogP) is 6.72. The molecule has 5 aromatic carbocycles. The first kappa shape index (κ1) is 80.2. The van der Waals surface area contributed by atoms with Gasteiger partial charge in [0.05, 0.1) is 68.8 Å². The van der Waals surface area contributed by atoms with E-state index in [0.717, 1.165) is 42.2 Å². The fourth-order valence-electron chi connectivity index (χ4n) is 11.7. The van der Waals surface area contributed by atoms with Crippen LogP contribution in [0.15, 0.2) is 165 Å². The Balaban J connectivity index is 1.02. The number of carboxylic acids is 1. The Hall–Kier alpha value is -10.9. The molecule has 0 spiro atoms. The van der Waals surface area contributed by atoms with E-state index in [4.69, 9.17) is 28.4 Å². The van der Waals surface area contributed by atoms with E-state index in [-0.39, 0.29) is 82.4 Å². The number of alkyl carbamates (subject to hydrolysis) is 1. The molecule has 568 valence electrons. The van der Waals surface area contributed by atoms with Gasteiger partial charge in [-0.3, -0.25) is 38.4 Å². The molecule has 0 unspecified atom stereocenters. The number of benzene rings is 5. The van der Waals surface area contributed by atoms with E-state index in [2.05, 4.69) is 52.5 Å². The number of nitrogens with one attached hydrogen (secondary N) is 8. The van der Waals surface area contributed by atoms with Gasteiger partial charge in [0.25, 0.3) is 0 Å². The van der Waals surface area contributed by atoms with Crippen molar-refractivity contribution in [3.63, 3.8) is 0 Å². The number of imidazole rings is 2. The lowest BCUT2D eigenvalue weighted by atomic mass is 9.94. The monoisotopic (exact) mass is 1490 g/mol. The SMILES string of the molecule is CC(=O)NCSC[C@H](NC(=O)[C@H](CC(=O)NC1c2ccccc2Oc2ccccc21)NC(=O)[C@H](Cc1cn(COCc2ccccc2)cn1)NC(=O)[C@H](Cc1cn(COCc2ccccc2)cn1)NC(=O)OC(C)(C)C)C(=O)N[C@@H](COCc1ccccc1)C(=O)N[C@@H](CCC(=O)OC1CCCCC1)C(=O)O. The molecule has 30 heteroatoms. The normalized spacial score (nSPS) is 14.4. The Kier molecular flexibility index (Phi) is 30.4. The molecule has 1 aliphatic heterocycles. The van der Waals surface area contributed by atoms with E-state index in [1.165, 1.54) is 19.6 Å². The molecule has 6 atom stereocenters. The zero-order valence-electron chi connectivity index (χ0n) is 60.1. The number of para-hydroxylation sites is 2. The van der Waals surface area contributed by atoms with Crippen molar-refractivity contribution in [2.24, 2.45) is 0 Å². The van der Waals surface area contributed by atoms with E-state index < -0.39 is 120 Å². The van der Waals surface area contributed by atoms with Crippen molar-refractivity contribution in [1.82, 2.24) is 61.6 Å². The van der Waals surface area contributed by atoms with Crippen LogP contribution in [0.2, 0.25) is 0 Å². The molecule has 9 N–H and O–H groups in total. The lowest BCUT2D eigenvalue weighted by Gasteiger charge is -2.30. The zero-order valence-corrected chi connectivity index (χ0v) is 60.9. The van der Waals surface area contributed by atoms with Crippen LogP contribution in [0.25, 0.3) is 0 Å². The number of carbonyl (C=O) groups is 10. The molecule has 1 saturated carbocycles. The molecule has 3 heterocycles. The summed E-state index contributed by atoms with van der Waals surface area (Å²) in [4.78, 5) is 151. The van der Waals surface area contributed by atoms with Crippen molar-refractivity contribution < 1.29 is 81.5 Å². The van der Waals surface area contributed by atoms with Gasteiger partial charge < -0.3 is 85.2 Å². The molecule has 2 aromatic heterocycles. The zero-order chi connectivity index (χ0) is 76.1. The summed E-state index contributed by atoms with van der Waals surface area (Å²) in [5.41, 5.74) is 3.17. The Bertz CT molecular complexity index is 4070. The number of carbonyl (C=O) groups excluding carboxylic acids is 9. The first-order valence-corrected chi connectivity index (χ1v) is 36.5. The van der Waals surface area contributed by atoms with E-state index in [1.54, 1.807) is 121 Å². The summed E-state index contributed by atoms with van der Waals surface area (Å²) in [6, 6.07) is 30.8. The molecule has 0 radical (unpaired) electrons. The highest BCUT2D eigenvalue weighted by atomic mass is 32.2. The van der Waals surface area contributed by atoms with Gasteiger partial charge in [0.1, 0.15) is 72.9 Å². The summed E-state index contributed by atoms with van der Waals surface area (Å²) >= 11 is 0.973. The second-order valence-electron chi connectivity index (χ2n) is 26.9. The predicted molar refractivity (Wildman–Crippen MR) is 392 cm³/mol. The van der Waals surface area contributed by atoms with Gasteiger partial charge >= 0.3 is 18.0 Å². The highest BCUT2D eigenvalue weighted by molar-refractivity contribution is 7.99. The molecule has 1 aliphatic carbocycles. The fraction of sp³-hybridized carbons (Fsp3) is 0.403. The second kappa shape index (κ2) is 40.5. The summed E-state index contributed by atoms with van der Waals surface area (Å²) in [7, 11) is 0. The van der Waals surface area contributed by atoms with Gasteiger partial charge in [-0.25, -0.2) is 19.6 Å². The summed E-state index contributed by atoms with van der Waals surface area (Å²) in [6.45, 7) is 6.19. The summed E-state index contributed by atoms with van der Waals surface area (Å²) < 4.78 is 38.5. The Morgan fingerprint density at radius 2 is 1.02 bits per heavy atom. The molecule has 2 aliphatic rings. The van der Waals surface area contributed by atoms with Crippen LogP contribution in [0.4, 0.5) is 4.79 Å². The number of esters is 1. The molecule has 0 saturated heterocycles. The number of aromatic nitrogens is 4. The first-order valence-electron chi connectivity index (χ1n) is 35.3. The quantitative estimate of drug-likeness (QED) is 0.0110. The average molecular weight is 1490 g/mol. The molecule has 9 rings (SSSR count). The number of thioether (sulfide) groups is 1. The Labute approximate surface area is 624 Å². The Morgan fingerprint density at radius 3 is 1.55 bits per heavy atom. The van der Waals surface area contributed by atoms with Gasteiger partial charge in [-0.15, -0.1) is 11.8 Å². The molecular formula is C77H92N12O17S. The van der Waals surface area contributed by atoms with Gasteiger partial charge in [-0.05, 0) is 81.7 Å². The molecule has 107 heavy (non-hydrogen) atoms. The van der Waals surface area contributed by atoms with Crippen molar-refractivity contribution in [2.75, 3.05) is 18.2 Å². The third kappa shape index (κ3) is 26.6. The number of aliphatic carboxylic acids is 1. The largest absolute Gasteiger partial charge is 0.480 e. The second-order valence-corrected chi connectivity index (χ2v) is 27.9. The smallest absolute Gasteiger partial charge is 0.408 e. The minimum absolute atomic E-state index is 0.0154. The van der Waals surface area contributed by atoms with E-state index in [9.17, 15) is 33.9 Å². The molecule has 7 aromatic rings. The van der Waals surface area contributed by atoms with Crippen LogP contribution in [0, 0.1) is 0 Å². The molecular weight excluding hydrogens is 1400 g/mol. The number of nitrogens with zero attached hydrogens (tertiary/aromatic N) is 4. The summed E-state index contributed by atoms with van der Waals surface area (Å²) in [5, 5.41) is 31.8. The highest BCUT2D eigenvalue weighted by Crippen LogP contribution is 2.42. The lowest BCUT2D eigenvalue weighted by molar-refractivity contribution is -0.151. The van der Waals surface area contributed by atoms with E-state index >= 15 is 19.2 Å². The van der Waals surface area contributed by atoms with Crippen LogP contribution in [0.5, 0.6) is 11.5 Å². The maximum atomic E-state index is 15.6. The van der Waals surface area contributed by atoms with Crippen molar-refractivity contribution >= 4 is 71.1 Å². The van der Waals surface area contributed by atoms with Gasteiger partial charge in [0, 0.05) is 55.5 Å². The third-order valence-electron chi connectivity index (χ3n) is 17.0. The number of ether oxygens (including phenoxy) is 6. The van der Waals surface area contributed by atoms with Crippen LogP contribution in [-0.2, 0) is 113 Å². The standard InChI is InChI=1S/C77H92N12O17S/c1-50(90)80-47-107-44-64(74(97)84-63(43-101-40-51-21-9-5-10-22-51)73(96)81-59(75(98)99)33-34-68(92)104-56-27-15-8-16-28-56)85-72(95)62(37-67(91)87-69-57-29-17-19-31-65(57)105-66-32-20-18-30-58(66)69)83-70(93)60(35-54-38-88(45-78-54)48-102-41-52-23-11-6-12-24-52)82-71(94)61(86-76(100)106-77(2,3)4)36-55-39-89(46-79-55)49-103-42-53-25-13-7-14-26-53/h5-7,9-14,17-26,29-32,38-39,45-46,56,59-64,69H,8,15-16,27-28,33-37,40-44,47-49H2,1-4H3,(H,80,90)(H,81,96)(H,82,94)(H,83,93)(H,84,97)(H,85,95)(H,86,100)(H,87,91)(H,98,99)/t59-,60-,61-,62-,63-,64-/m0/s1. The third-order valence-corrected chi connectivity index (χ3v) is 17.9. The van der Waals surface area contributed by atoms with Gasteiger partial charge in [0.15, 0.2) is 0 Å². The van der Waals surface area contributed by atoms with Crippen LogP contribution < -0.4 is 47.3 Å². The van der Waals surface area contributed by atoms with Gasteiger partial charge in [-0.1, -0.05) is 134 Å². The van der Waals surface area contributed by atoms with Crippen molar-refractivity contribution in [3.8, 4) is 11.5 Å². The number of hydrogen-bond donors (Lipinski definition) is 9. The fourth-order valence-corrected chi connectivity index (χ4v) is 12.6. The van der Waals surface area contributed by atoms with Gasteiger partial charge in [0.2, 0.25) is 41.4 Å². The minimum Gasteiger partial charge on any atom is -0.480 e. The number of fused-ring (bicyclic) bond motifs is 2. The Morgan fingerprint density at radius 1 is 0.561 bits per heavy atom. The summed E-state index contributed by atoms with van der Waals surface area (Å²) in [5.74, 6) is -8.09. The number of rotatable bonds is 39. The molecule has 29 nitrogen and oxygen atoms in total. The molecule has 8 amide bonds. The highest BCUT2D eigenvalue weighted by Gasteiger charge is 2.38. The van der Waals surface area contributed by atoms with Crippen LogP contribution >= 0.6 is 11.8 Å².